The van der Waals surface area contributed by atoms with Gasteiger partial charge in [-0.1, -0.05) is 82.1 Å². The quantitative estimate of drug-likeness (QED) is 0.0213. The third kappa shape index (κ3) is 45.3. The van der Waals surface area contributed by atoms with Gasteiger partial charge in [-0.3, -0.25) is 107 Å². The molecule has 1 saturated heterocycles. The van der Waals surface area contributed by atoms with Gasteiger partial charge in [0.15, 0.2) is 6.54 Å². The SMILES string of the molecule is CC[C@H](C)[C@H](NC(=O)[C@H](CO)NC(=O)[C@H](CCCNC(N)N)NC(=O)CNC(=O)[C@H](C)NC(=O)[C@H](CCC(=O)O)NC(=O)[C@H](CCCC[NH3+])NC(=O)[C@@H](NC(=O)[C@@H](NC(=O)[C@H](C)NC(=O)[C@@H](NC(=O)[C@H](CC(C)C)NC(=O)[C@H](CO)NC(=O)C[NH3+])C(C)C)[C@@H](C)O)C(C)C)C(=O)N[C@@H](Cc1cnc[nH]1)C(=O)N[C@@H](CCC(=O)O)C(=O)N[C@H](C(=O)N1CCC[C@H]1C(=O)N[C@@H](CCCNC(N)N)C(=O)O)[C@@H](C)CC. The molecule has 1 aliphatic heterocycles. The number of amides is 18. The molecule has 1 aromatic rings. The molecule has 55 heteroatoms. The maximum Gasteiger partial charge on any atom is 0.326 e. The number of aromatic amines is 1. The Morgan fingerprint density at radius 3 is 1.32 bits per heavy atom. The molecule has 0 saturated carbocycles. The molecule has 1 aromatic heterocycles. The standard InChI is InChI=1S/C87H154N28O27/c1-14-44(9)66(82(138)108-56(34-49-36-94-40-98-49)75(131)104-53(26-28-63(123)124)74(130)113-67(45(10)15-2)84(140)115-32-20-24-59(115)79(135)106-54(85(141)142)23-19-31-96-87(92)93)112-78(134)58(39-117)109-72(128)50(22-18-30-95-86(90)91)101-61(120)37-97-69(125)46(11)99-71(127)52(25-27-62(121)122)103-73(129)51(21-16-17-29-88)105-81(137)65(43(7)8)111-83(139)68(48(13)118)114-70(126)47(12)100-80(136)64(42(5)6)110-76(132)55(33-41(3)4)107-77(133)57(38-116)102-60(119)35-89/h36,40-48,50-59,64-68,86-87,95-96,116-118H,14-35,37-39,88-93H2,1-13H3,(H,94,98)(H,97,125)(H,99,127)(H,100,136)(H,101,120)(H,102,119)(H,103,129)(H,104,131)(H,105,137)(H,106,135)(H,107,133)(H,108,138)(H,109,128)(H,110,132)(H,111,139)(H,112,134)(H,113,130)(H,114,126)(H,121,122)(H,123,124)(H,141,142)/p+2/t44-,45-,46-,47-,48+,50-,51-,52-,53-,54-,55-,56-,57-,58-,59-,64-,65-,66-,67-,68-/m0/s1. The molecule has 142 heavy (non-hydrogen) atoms. The highest BCUT2D eigenvalue weighted by atomic mass is 16.4. The van der Waals surface area contributed by atoms with E-state index in [0.29, 0.717) is 19.4 Å². The topological polar surface area (TPSA) is 900 Å². The average molecular weight is 2030 g/mol. The lowest BCUT2D eigenvalue weighted by Crippen LogP contribution is -2.63. The van der Waals surface area contributed by atoms with Crippen molar-refractivity contribution in [3.8, 4) is 0 Å². The number of nitrogens with one attached hydrogen (secondary N) is 20. The summed E-state index contributed by atoms with van der Waals surface area (Å²) in [6, 6.07) is -26.1. The van der Waals surface area contributed by atoms with Crippen molar-refractivity contribution in [3.05, 3.63) is 18.2 Å². The summed E-state index contributed by atoms with van der Waals surface area (Å²) in [6.45, 7) is 17.2. The van der Waals surface area contributed by atoms with Gasteiger partial charge in [0, 0.05) is 37.7 Å². The van der Waals surface area contributed by atoms with Crippen LogP contribution in [0.3, 0.4) is 0 Å². The summed E-state index contributed by atoms with van der Waals surface area (Å²) in [5, 5.41) is 108. The minimum absolute atomic E-state index is 0.0272. The number of hydrogen-bond acceptors (Lipinski definition) is 31. The van der Waals surface area contributed by atoms with E-state index in [-0.39, 0.29) is 108 Å². The van der Waals surface area contributed by atoms with Crippen LogP contribution in [0.15, 0.2) is 12.5 Å². The molecule has 0 radical (unpaired) electrons. The van der Waals surface area contributed by atoms with Crippen molar-refractivity contribution in [3.63, 3.8) is 0 Å². The zero-order valence-corrected chi connectivity index (χ0v) is 83.1. The van der Waals surface area contributed by atoms with E-state index in [1.54, 1.807) is 48.5 Å². The van der Waals surface area contributed by atoms with Crippen molar-refractivity contribution in [1.82, 2.24) is 116 Å². The molecular formula is C87H156N28O27+2. The number of imidazole rings is 1. The second-order valence-electron chi connectivity index (χ2n) is 36.3. The highest BCUT2D eigenvalue weighted by molar-refractivity contribution is 6.02. The van der Waals surface area contributed by atoms with Crippen LogP contribution in [0.5, 0.6) is 0 Å². The zero-order chi connectivity index (χ0) is 108. The molecule has 18 amide bonds. The van der Waals surface area contributed by atoms with Crippen molar-refractivity contribution < 1.29 is 143 Å². The van der Waals surface area contributed by atoms with Crippen LogP contribution in [0.1, 0.15) is 198 Å². The first kappa shape index (κ1) is 126. The number of H-pyrrole nitrogens is 1. The number of aromatic nitrogens is 2. The molecule has 1 fully saturated rings. The molecular weight excluding hydrogens is 1870 g/mol. The third-order valence-electron chi connectivity index (χ3n) is 23.3. The van der Waals surface area contributed by atoms with Crippen LogP contribution >= 0.6 is 0 Å². The van der Waals surface area contributed by atoms with Crippen LogP contribution in [0, 0.1) is 29.6 Å². The molecule has 1 aliphatic rings. The van der Waals surface area contributed by atoms with E-state index in [0.717, 1.165) is 13.8 Å². The van der Waals surface area contributed by atoms with Crippen LogP contribution in [-0.2, 0) is 107 Å². The summed E-state index contributed by atoms with van der Waals surface area (Å²) in [7, 11) is 0. The van der Waals surface area contributed by atoms with Gasteiger partial charge in [0.25, 0.3) is 5.91 Å². The molecule has 55 nitrogen and oxygen atoms in total. The number of carbonyl (C=O) groups excluding carboxylic acids is 18. The predicted octanol–water partition coefficient (Wildman–Crippen LogP) is -12.7. The molecule has 2 rings (SSSR count). The fourth-order valence-electron chi connectivity index (χ4n) is 14.5. The molecule has 2 heterocycles. The van der Waals surface area contributed by atoms with Crippen molar-refractivity contribution in [2.45, 2.75) is 321 Å². The summed E-state index contributed by atoms with van der Waals surface area (Å²) >= 11 is 0. The van der Waals surface area contributed by atoms with Crippen molar-refractivity contribution in [1.29, 1.82) is 0 Å². The summed E-state index contributed by atoms with van der Waals surface area (Å²) in [5.74, 6) is -24.9. The van der Waals surface area contributed by atoms with Crippen LogP contribution in [0.4, 0.5) is 0 Å². The number of aliphatic carboxylic acids is 3. The predicted molar refractivity (Wildman–Crippen MR) is 506 cm³/mol. The van der Waals surface area contributed by atoms with E-state index in [1.807, 2.05) is 0 Å². The van der Waals surface area contributed by atoms with Gasteiger partial charge < -0.3 is 165 Å². The Labute approximate surface area is 823 Å². The van der Waals surface area contributed by atoms with Crippen LogP contribution < -0.4 is 135 Å². The lowest BCUT2D eigenvalue weighted by molar-refractivity contribution is -0.368. The Bertz CT molecular complexity index is 4320. The normalized spacial score (nSPS) is 16.5. The highest BCUT2D eigenvalue weighted by Crippen LogP contribution is 2.24. The van der Waals surface area contributed by atoms with E-state index < -0.39 is 315 Å². The number of quaternary nitrogens is 2. The van der Waals surface area contributed by atoms with E-state index in [4.69, 9.17) is 22.9 Å². The van der Waals surface area contributed by atoms with Gasteiger partial charge >= 0.3 is 17.9 Å². The Kier molecular flexibility index (Phi) is 57.5. The van der Waals surface area contributed by atoms with Gasteiger partial charge in [0.1, 0.15) is 115 Å². The molecule has 20 atom stereocenters. The van der Waals surface area contributed by atoms with Gasteiger partial charge in [-0.2, -0.15) is 0 Å². The average Bonchev–Trinajstić information content (AvgIpc) is 1.64. The monoisotopic (exact) mass is 2030 g/mol. The smallest absolute Gasteiger partial charge is 0.326 e. The summed E-state index contributed by atoms with van der Waals surface area (Å²) in [6.07, 6.45) is -2.64. The maximum absolute atomic E-state index is 14.7. The number of carboxylic acids is 3. The highest BCUT2D eigenvalue weighted by Gasteiger charge is 2.44. The number of hydrogen-bond donors (Lipinski definition) is 32. The Morgan fingerprint density at radius 2 is 0.831 bits per heavy atom. The number of rotatable bonds is 69. The van der Waals surface area contributed by atoms with E-state index >= 15 is 0 Å². The first-order valence-electron chi connectivity index (χ1n) is 47.7. The molecule has 40 N–H and O–H groups in total. The number of aliphatic hydroxyl groups is 3. The number of carboxylic acid groups (broad SMARTS) is 3. The summed E-state index contributed by atoms with van der Waals surface area (Å²) in [4.78, 5) is 296. The van der Waals surface area contributed by atoms with Crippen LogP contribution in [0.25, 0.3) is 0 Å². The molecule has 0 spiro atoms. The number of likely N-dealkylation sites (tertiary alicyclic amines) is 1. The number of nitrogens with zero attached hydrogens (tertiary/aromatic N) is 2. The Balaban J connectivity index is 2.39. The largest absolute Gasteiger partial charge is 0.481 e. The van der Waals surface area contributed by atoms with Crippen molar-refractivity contribution >= 4 is 124 Å². The fraction of sp³-hybridized carbons (Fsp3) is 0.724. The number of carbonyl (C=O) groups is 21. The van der Waals surface area contributed by atoms with E-state index in [1.165, 1.54) is 45.1 Å². The maximum atomic E-state index is 14.7. The van der Waals surface area contributed by atoms with Crippen molar-refractivity contribution in [2.75, 3.05) is 52.5 Å². The minimum atomic E-state index is -1.89. The molecule has 0 aliphatic carbocycles. The van der Waals surface area contributed by atoms with E-state index in [2.05, 4.69) is 122 Å². The Morgan fingerprint density at radius 1 is 0.437 bits per heavy atom. The fourth-order valence-corrected chi connectivity index (χ4v) is 14.5. The third-order valence-corrected chi connectivity index (χ3v) is 23.3. The van der Waals surface area contributed by atoms with Gasteiger partial charge in [0.05, 0.1) is 38.7 Å². The first-order chi connectivity index (χ1) is 66.7. The number of nitrogens with two attached hydrogens (primary N) is 4. The summed E-state index contributed by atoms with van der Waals surface area (Å²) in [5.41, 5.74) is 29.8. The van der Waals surface area contributed by atoms with Crippen LogP contribution in [0.2, 0.25) is 0 Å². The van der Waals surface area contributed by atoms with Crippen molar-refractivity contribution in [2.24, 2.45) is 52.5 Å². The Hall–Kier alpha value is -12.4. The van der Waals surface area contributed by atoms with Gasteiger partial charge in [0.2, 0.25) is 100 Å². The molecule has 0 bridgehead atoms. The molecule has 0 aromatic carbocycles. The lowest BCUT2D eigenvalue weighted by atomic mass is 9.96. The zero-order valence-electron chi connectivity index (χ0n) is 83.1. The van der Waals surface area contributed by atoms with Gasteiger partial charge in [-0.15, -0.1) is 0 Å². The minimum Gasteiger partial charge on any atom is -0.481 e. The van der Waals surface area contributed by atoms with Gasteiger partial charge in [-0.05, 0) is 141 Å². The summed E-state index contributed by atoms with van der Waals surface area (Å²) < 4.78 is 0. The van der Waals surface area contributed by atoms with Gasteiger partial charge in [-0.25, -0.2) is 9.78 Å². The first-order valence-corrected chi connectivity index (χ1v) is 47.7. The lowest BCUT2D eigenvalue weighted by Gasteiger charge is -2.33. The number of aliphatic hydroxyl groups excluding tert-OH is 3. The molecule has 0 unspecified atom stereocenters. The number of unbranched alkanes of at least 4 members (excludes halogenated alkanes) is 1. The van der Waals surface area contributed by atoms with E-state index in [9.17, 15) is 131 Å². The second kappa shape index (κ2) is 64.9. The van der Waals surface area contributed by atoms with Crippen LogP contribution in [-0.4, -0.2) is 344 Å². The second-order valence-corrected chi connectivity index (χ2v) is 36.3. The molecule has 804 valence electrons.